The van der Waals surface area contributed by atoms with Gasteiger partial charge in [-0.2, -0.15) is 13.2 Å². The fourth-order valence-electron chi connectivity index (χ4n) is 1.27. The van der Waals surface area contributed by atoms with Crippen LogP contribution in [0, 0.1) is 0 Å². The first-order chi connectivity index (χ1) is 8.99. The third kappa shape index (κ3) is 4.62. The van der Waals surface area contributed by atoms with E-state index in [2.05, 4.69) is 11.6 Å². The number of pyridine rings is 1. The van der Waals surface area contributed by atoms with Gasteiger partial charge in [0, 0.05) is 6.20 Å². The van der Waals surface area contributed by atoms with E-state index in [4.69, 9.17) is 4.74 Å². The molecule has 0 N–H and O–H groups in total. The second-order valence-electron chi connectivity index (χ2n) is 3.57. The lowest BCUT2D eigenvalue weighted by molar-refractivity contribution is -0.139. The molecule has 19 heavy (non-hydrogen) atoms. The van der Waals surface area contributed by atoms with Crippen molar-refractivity contribution in [1.29, 1.82) is 0 Å². The first-order valence-corrected chi connectivity index (χ1v) is 5.68. The van der Waals surface area contributed by atoms with Crippen molar-refractivity contribution >= 4 is 0 Å². The van der Waals surface area contributed by atoms with E-state index >= 15 is 0 Å². The monoisotopic (exact) mass is 269 g/mol. The molecule has 0 saturated heterocycles. The van der Waals surface area contributed by atoms with Crippen molar-refractivity contribution in [2.75, 3.05) is 0 Å². The maximum atomic E-state index is 12.8. The van der Waals surface area contributed by atoms with Gasteiger partial charge in [0.05, 0.1) is 0 Å². The van der Waals surface area contributed by atoms with Crippen molar-refractivity contribution in [3.05, 3.63) is 60.5 Å². The van der Waals surface area contributed by atoms with Crippen LogP contribution in [0.3, 0.4) is 0 Å². The number of halogens is 3. The van der Waals surface area contributed by atoms with Gasteiger partial charge >= 0.3 is 6.18 Å². The Morgan fingerprint density at radius 1 is 1.47 bits per heavy atom. The van der Waals surface area contributed by atoms with Gasteiger partial charge in [-0.25, -0.2) is 4.98 Å². The molecule has 0 radical (unpaired) electrons. The summed E-state index contributed by atoms with van der Waals surface area (Å²) >= 11 is 0. The number of hydrogen-bond acceptors (Lipinski definition) is 2. The molecule has 0 saturated carbocycles. The zero-order chi connectivity index (χ0) is 14.3. The summed E-state index contributed by atoms with van der Waals surface area (Å²) in [6.45, 7) is 5.40. The predicted molar refractivity (Wildman–Crippen MR) is 67.6 cm³/mol. The fourth-order valence-corrected chi connectivity index (χ4v) is 1.27. The van der Waals surface area contributed by atoms with Gasteiger partial charge in [0.25, 0.3) is 0 Å². The van der Waals surface area contributed by atoms with Crippen LogP contribution in [0.5, 0.6) is 5.88 Å². The van der Waals surface area contributed by atoms with Crippen molar-refractivity contribution in [3.63, 3.8) is 0 Å². The fraction of sp³-hybridized carbons (Fsp3) is 0.214. The van der Waals surface area contributed by atoms with E-state index in [1.165, 1.54) is 24.4 Å². The van der Waals surface area contributed by atoms with Crippen LogP contribution in [-0.2, 0) is 6.18 Å². The smallest absolute Gasteiger partial charge is 0.421 e. The third-order valence-electron chi connectivity index (χ3n) is 2.09. The summed E-state index contributed by atoms with van der Waals surface area (Å²) in [5, 5.41) is 0. The Morgan fingerprint density at radius 2 is 2.21 bits per heavy atom. The number of hydrogen-bond donors (Lipinski definition) is 0. The number of ether oxygens (including phenoxy) is 1. The molecule has 102 valence electrons. The maximum absolute atomic E-state index is 12.8. The Labute approximate surface area is 109 Å². The van der Waals surface area contributed by atoms with E-state index < -0.39 is 17.6 Å². The lowest BCUT2D eigenvalue weighted by Crippen LogP contribution is -2.09. The quantitative estimate of drug-likeness (QED) is 0.579. The molecule has 0 amide bonds. The van der Waals surface area contributed by atoms with Gasteiger partial charge in [0.2, 0.25) is 5.88 Å². The van der Waals surface area contributed by atoms with Gasteiger partial charge < -0.3 is 4.74 Å². The van der Waals surface area contributed by atoms with Crippen LogP contribution >= 0.6 is 0 Å². The summed E-state index contributed by atoms with van der Waals surface area (Å²) in [7, 11) is 0. The zero-order valence-corrected chi connectivity index (χ0v) is 10.4. The Kier molecular flexibility index (Phi) is 5.36. The van der Waals surface area contributed by atoms with Gasteiger partial charge in [-0.05, 0) is 30.7 Å². The lowest BCUT2D eigenvalue weighted by atomic mass is 10.2. The molecule has 1 rings (SSSR count). The van der Waals surface area contributed by atoms with E-state index in [0.717, 1.165) is 12.5 Å². The molecule has 5 heteroatoms. The largest absolute Gasteiger partial charge is 0.438 e. The molecule has 0 aliphatic heterocycles. The summed E-state index contributed by atoms with van der Waals surface area (Å²) in [5.41, 5.74) is -0.908. The highest BCUT2D eigenvalue weighted by atomic mass is 19.4. The van der Waals surface area contributed by atoms with Gasteiger partial charge in [0.1, 0.15) is 11.3 Å². The first kappa shape index (κ1) is 15.0. The van der Waals surface area contributed by atoms with Gasteiger partial charge in [-0.3, -0.25) is 0 Å². The van der Waals surface area contributed by atoms with Crippen molar-refractivity contribution < 1.29 is 17.9 Å². The summed E-state index contributed by atoms with van der Waals surface area (Å²) in [6.07, 6.45) is 3.75. The number of aromatic nitrogens is 1. The van der Waals surface area contributed by atoms with Crippen LogP contribution in [0.15, 0.2) is 55.0 Å². The highest BCUT2D eigenvalue weighted by Gasteiger charge is 2.35. The van der Waals surface area contributed by atoms with E-state index in [1.807, 2.05) is 6.92 Å². The topological polar surface area (TPSA) is 22.1 Å². The molecular formula is C14H14F3NO. The molecule has 0 aliphatic carbocycles. The minimum absolute atomic E-state index is 0.251. The second kappa shape index (κ2) is 6.78. The number of alkyl halides is 3. The Hall–Kier alpha value is -2.04. The second-order valence-corrected chi connectivity index (χ2v) is 3.57. The third-order valence-corrected chi connectivity index (χ3v) is 2.09. The maximum Gasteiger partial charge on any atom is 0.421 e. The molecule has 1 aromatic heterocycles. The number of nitrogens with zero attached hydrogens (tertiary/aromatic N) is 1. The minimum Gasteiger partial charge on any atom is -0.438 e. The molecule has 1 aromatic rings. The molecule has 0 aromatic carbocycles. The van der Waals surface area contributed by atoms with Gasteiger partial charge in [0.15, 0.2) is 0 Å². The average Bonchev–Trinajstić information content (AvgIpc) is 2.35. The SMILES string of the molecule is C=C/C=C(\C=C/CC)Oc1ncccc1C(F)(F)F. The van der Waals surface area contributed by atoms with E-state index in [-0.39, 0.29) is 5.76 Å². The zero-order valence-electron chi connectivity index (χ0n) is 10.4. The van der Waals surface area contributed by atoms with Gasteiger partial charge in [-0.15, -0.1) is 0 Å². The summed E-state index contributed by atoms with van der Waals surface area (Å²) in [4.78, 5) is 3.62. The van der Waals surface area contributed by atoms with Crippen molar-refractivity contribution in [2.45, 2.75) is 19.5 Å². The summed E-state index contributed by atoms with van der Waals surface area (Å²) in [5.74, 6) is -0.218. The molecule has 0 aliphatic rings. The van der Waals surface area contributed by atoms with Crippen LogP contribution in [0.4, 0.5) is 13.2 Å². The normalized spacial score (nSPS) is 12.7. The summed E-state index contributed by atoms with van der Waals surface area (Å²) in [6, 6.07) is 2.14. The van der Waals surface area contributed by atoms with Crippen LogP contribution in [0.25, 0.3) is 0 Å². The van der Waals surface area contributed by atoms with Crippen molar-refractivity contribution in [1.82, 2.24) is 4.98 Å². The van der Waals surface area contributed by atoms with Crippen LogP contribution in [0.1, 0.15) is 18.9 Å². The first-order valence-electron chi connectivity index (χ1n) is 5.68. The lowest BCUT2D eigenvalue weighted by Gasteiger charge is -2.12. The predicted octanol–water partition coefficient (Wildman–Crippen LogP) is 4.52. The molecule has 0 fully saturated rings. The van der Waals surface area contributed by atoms with Crippen LogP contribution in [-0.4, -0.2) is 4.98 Å². The van der Waals surface area contributed by atoms with Crippen LogP contribution in [0.2, 0.25) is 0 Å². The van der Waals surface area contributed by atoms with E-state index in [0.29, 0.717) is 0 Å². The molecule has 0 unspecified atom stereocenters. The van der Waals surface area contributed by atoms with Crippen LogP contribution < -0.4 is 4.74 Å². The molecule has 0 spiro atoms. The molecule has 1 heterocycles. The average molecular weight is 269 g/mol. The van der Waals surface area contributed by atoms with E-state index in [9.17, 15) is 13.2 Å². The highest BCUT2D eigenvalue weighted by molar-refractivity contribution is 5.32. The Bertz CT molecular complexity index is 490. The Balaban J connectivity index is 3.07. The number of allylic oxidation sites excluding steroid dienone is 4. The van der Waals surface area contributed by atoms with Gasteiger partial charge in [-0.1, -0.05) is 25.7 Å². The molecule has 0 atom stereocenters. The summed E-state index contributed by atoms with van der Waals surface area (Å²) < 4.78 is 43.5. The number of rotatable bonds is 5. The standard InChI is InChI=1S/C14H14F3NO/c1-3-5-8-11(7-4-2)19-13-12(14(15,16)17)9-6-10-18-13/h4-10H,2-3H2,1H3/b8-5-,11-7+. The minimum atomic E-state index is -4.50. The van der Waals surface area contributed by atoms with Crippen molar-refractivity contribution in [3.8, 4) is 5.88 Å². The molecular weight excluding hydrogens is 255 g/mol. The highest BCUT2D eigenvalue weighted by Crippen LogP contribution is 2.35. The molecule has 2 nitrogen and oxygen atoms in total. The Morgan fingerprint density at radius 3 is 2.79 bits per heavy atom. The van der Waals surface area contributed by atoms with Crippen molar-refractivity contribution in [2.24, 2.45) is 0 Å². The van der Waals surface area contributed by atoms with E-state index in [1.54, 1.807) is 12.2 Å². The molecule has 0 bridgehead atoms.